The molecule has 7 nitrogen and oxygen atoms in total. The molecule has 2 heterocycles. The van der Waals surface area contributed by atoms with E-state index in [0.717, 1.165) is 5.69 Å². The number of hydrogen-bond donors (Lipinski definition) is 1. The molecule has 1 unspecified atom stereocenters. The Hall–Kier alpha value is -2.72. The number of halogens is 4. The SMILES string of the molecule is C=C(CCNC(=O)C1CN(C)c2cc(Cl)ccc2O1)n1cnc([C@H]2C[C@@H](OC(F)(F)F)C2)c1. The second kappa shape index (κ2) is 9.26. The van der Waals surface area contributed by atoms with Crippen molar-refractivity contribution >= 4 is 28.9 Å². The van der Waals surface area contributed by atoms with E-state index in [0.29, 0.717) is 41.7 Å². The molecule has 1 fully saturated rings. The fraction of sp³-hybridized carbons (Fsp3) is 0.455. The molecule has 0 saturated heterocycles. The molecule has 1 N–H and O–H groups in total. The molecular formula is C22H24ClF3N4O3. The Morgan fingerprint density at radius 1 is 1.39 bits per heavy atom. The molecule has 0 radical (unpaired) electrons. The number of imidazole rings is 1. The van der Waals surface area contributed by atoms with E-state index in [1.807, 2.05) is 11.9 Å². The molecule has 1 aliphatic heterocycles. The Bertz CT molecular complexity index is 1040. The number of fused-ring (bicyclic) bond motifs is 1. The number of carbonyl (C=O) groups is 1. The third kappa shape index (κ3) is 5.62. The number of rotatable bonds is 7. The van der Waals surface area contributed by atoms with Gasteiger partial charge in [-0.2, -0.15) is 0 Å². The lowest BCUT2D eigenvalue weighted by molar-refractivity contribution is -0.351. The van der Waals surface area contributed by atoms with Gasteiger partial charge in [-0.1, -0.05) is 18.2 Å². The Labute approximate surface area is 194 Å². The minimum Gasteiger partial charge on any atom is -0.477 e. The van der Waals surface area contributed by atoms with E-state index in [4.69, 9.17) is 16.3 Å². The molecule has 1 amide bonds. The highest BCUT2D eigenvalue weighted by molar-refractivity contribution is 6.31. The van der Waals surface area contributed by atoms with Crippen molar-refractivity contribution in [2.24, 2.45) is 0 Å². The van der Waals surface area contributed by atoms with Crippen molar-refractivity contribution in [3.63, 3.8) is 0 Å². The van der Waals surface area contributed by atoms with Crippen LogP contribution in [0.5, 0.6) is 5.75 Å². The minimum absolute atomic E-state index is 0.0655. The number of nitrogens with zero attached hydrogens (tertiary/aromatic N) is 3. The van der Waals surface area contributed by atoms with Crippen LogP contribution in [0, 0.1) is 0 Å². The number of alkyl halides is 3. The van der Waals surface area contributed by atoms with Gasteiger partial charge in [-0.25, -0.2) is 4.98 Å². The van der Waals surface area contributed by atoms with E-state index in [1.165, 1.54) is 0 Å². The van der Waals surface area contributed by atoms with Crippen LogP contribution < -0.4 is 15.0 Å². The number of hydrogen-bond acceptors (Lipinski definition) is 5. The largest absolute Gasteiger partial charge is 0.522 e. The van der Waals surface area contributed by atoms with Crippen molar-refractivity contribution in [3.8, 4) is 5.75 Å². The molecule has 4 rings (SSSR count). The summed E-state index contributed by atoms with van der Waals surface area (Å²) in [6.45, 7) is 4.76. The van der Waals surface area contributed by atoms with Crippen molar-refractivity contribution in [3.05, 3.63) is 48.0 Å². The second-order valence-electron chi connectivity index (χ2n) is 8.27. The number of likely N-dealkylation sites (N-methyl/N-ethyl adjacent to an activating group) is 1. The van der Waals surface area contributed by atoms with Crippen molar-refractivity contribution in [2.75, 3.05) is 25.0 Å². The van der Waals surface area contributed by atoms with Crippen molar-refractivity contribution in [1.29, 1.82) is 0 Å². The van der Waals surface area contributed by atoms with Crippen molar-refractivity contribution in [2.45, 2.75) is 43.8 Å². The summed E-state index contributed by atoms with van der Waals surface area (Å²) in [7, 11) is 1.87. The van der Waals surface area contributed by atoms with Crippen LogP contribution in [0.1, 0.15) is 30.9 Å². The van der Waals surface area contributed by atoms with Crippen LogP contribution in [-0.4, -0.2) is 54.2 Å². The lowest BCUT2D eigenvalue weighted by Crippen LogP contribution is -2.48. The molecule has 1 aliphatic carbocycles. The van der Waals surface area contributed by atoms with Crippen LogP contribution in [0.25, 0.3) is 5.70 Å². The summed E-state index contributed by atoms with van der Waals surface area (Å²) >= 11 is 6.03. The fourth-order valence-corrected chi connectivity index (χ4v) is 4.12. The van der Waals surface area contributed by atoms with Gasteiger partial charge in [-0.15, -0.1) is 13.2 Å². The molecule has 1 aromatic heterocycles. The highest BCUT2D eigenvalue weighted by atomic mass is 35.5. The van der Waals surface area contributed by atoms with Crippen LogP contribution in [0.15, 0.2) is 37.3 Å². The molecule has 33 heavy (non-hydrogen) atoms. The van der Waals surface area contributed by atoms with Crippen LogP contribution in [0.3, 0.4) is 0 Å². The maximum absolute atomic E-state index is 12.6. The van der Waals surface area contributed by atoms with E-state index in [2.05, 4.69) is 21.6 Å². The highest BCUT2D eigenvalue weighted by Gasteiger charge is 2.41. The van der Waals surface area contributed by atoms with Crippen molar-refractivity contribution in [1.82, 2.24) is 14.9 Å². The van der Waals surface area contributed by atoms with Crippen LogP contribution >= 0.6 is 11.6 Å². The molecule has 178 valence electrons. The van der Waals surface area contributed by atoms with Crippen LogP contribution in [0.2, 0.25) is 5.02 Å². The quantitative estimate of drug-likeness (QED) is 0.638. The van der Waals surface area contributed by atoms with Gasteiger partial charge in [0.1, 0.15) is 5.75 Å². The van der Waals surface area contributed by atoms with Gasteiger partial charge in [0.15, 0.2) is 6.10 Å². The van der Waals surface area contributed by atoms with Gasteiger partial charge < -0.3 is 19.5 Å². The number of anilines is 1. The Kier molecular flexibility index (Phi) is 6.58. The maximum atomic E-state index is 12.6. The zero-order chi connectivity index (χ0) is 23.8. The molecule has 2 aliphatic rings. The molecule has 1 saturated carbocycles. The summed E-state index contributed by atoms with van der Waals surface area (Å²) < 4.78 is 48.4. The van der Waals surface area contributed by atoms with E-state index in [9.17, 15) is 18.0 Å². The van der Waals surface area contributed by atoms with E-state index in [-0.39, 0.29) is 24.7 Å². The minimum atomic E-state index is -4.61. The lowest BCUT2D eigenvalue weighted by atomic mass is 9.80. The van der Waals surface area contributed by atoms with Gasteiger partial charge in [0.25, 0.3) is 5.91 Å². The standard InChI is InChI=1S/C22H24ClF3N4O3/c1-13(30-10-17(28-12-30)14-7-16(8-14)33-22(24,25)26)5-6-27-21(31)20-11-29(2)18-9-15(23)3-4-19(18)32-20/h3-4,9-10,12,14,16,20H,1,5-8,11H2,2H3,(H,27,31)/t14-,16+,20?. The number of carbonyl (C=O) groups excluding carboxylic acids is 1. The lowest BCUT2D eigenvalue weighted by Gasteiger charge is -2.34. The van der Waals surface area contributed by atoms with Gasteiger partial charge >= 0.3 is 6.36 Å². The van der Waals surface area contributed by atoms with Gasteiger partial charge in [0, 0.05) is 42.8 Å². The van der Waals surface area contributed by atoms with E-state index >= 15 is 0 Å². The summed E-state index contributed by atoms with van der Waals surface area (Å²) in [5.41, 5.74) is 2.25. The topological polar surface area (TPSA) is 68.6 Å². The molecule has 0 spiro atoms. The first-order valence-electron chi connectivity index (χ1n) is 10.5. The average Bonchev–Trinajstić information content (AvgIpc) is 3.19. The van der Waals surface area contributed by atoms with Gasteiger partial charge in [-0.3, -0.25) is 9.53 Å². The molecule has 1 aromatic carbocycles. The number of aromatic nitrogens is 2. The summed E-state index contributed by atoms with van der Waals surface area (Å²) in [4.78, 5) is 18.8. The van der Waals surface area contributed by atoms with Crippen LogP contribution in [0.4, 0.5) is 18.9 Å². The number of benzene rings is 1. The summed E-state index contributed by atoms with van der Waals surface area (Å²) in [6, 6.07) is 5.25. The van der Waals surface area contributed by atoms with E-state index < -0.39 is 18.6 Å². The Morgan fingerprint density at radius 3 is 2.88 bits per heavy atom. The van der Waals surface area contributed by atoms with E-state index in [1.54, 1.807) is 35.3 Å². The Balaban J connectivity index is 1.22. The van der Waals surface area contributed by atoms with Crippen LogP contribution in [-0.2, 0) is 9.53 Å². The monoisotopic (exact) mass is 484 g/mol. The molecule has 0 bridgehead atoms. The zero-order valence-corrected chi connectivity index (χ0v) is 18.7. The number of ether oxygens (including phenoxy) is 2. The summed E-state index contributed by atoms with van der Waals surface area (Å²) in [5.74, 6) is 0.304. The Morgan fingerprint density at radius 2 is 2.15 bits per heavy atom. The average molecular weight is 485 g/mol. The zero-order valence-electron chi connectivity index (χ0n) is 17.9. The number of nitrogens with one attached hydrogen (secondary N) is 1. The summed E-state index contributed by atoms with van der Waals surface area (Å²) in [5, 5.41) is 3.46. The smallest absolute Gasteiger partial charge is 0.477 e. The molecular weight excluding hydrogens is 461 g/mol. The molecule has 11 heteroatoms. The fourth-order valence-electron chi connectivity index (χ4n) is 3.95. The number of amides is 1. The predicted molar refractivity (Wildman–Crippen MR) is 117 cm³/mol. The third-order valence-electron chi connectivity index (χ3n) is 5.83. The summed E-state index contributed by atoms with van der Waals surface area (Å²) in [6.07, 6.45) is -1.69. The van der Waals surface area contributed by atoms with Gasteiger partial charge in [0.2, 0.25) is 0 Å². The second-order valence-corrected chi connectivity index (χ2v) is 8.70. The first-order chi connectivity index (χ1) is 15.6. The third-order valence-corrected chi connectivity index (χ3v) is 6.06. The normalized spacial score (nSPS) is 22.2. The van der Waals surface area contributed by atoms with Gasteiger partial charge in [0.05, 0.1) is 30.4 Å². The maximum Gasteiger partial charge on any atom is 0.522 e. The first kappa shape index (κ1) is 23.4. The predicted octanol–water partition coefficient (Wildman–Crippen LogP) is 4.19. The first-order valence-corrected chi connectivity index (χ1v) is 10.9. The highest BCUT2D eigenvalue weighted by Crippen LogP contribution is 2.40. The van der Waals surface area contributed by atoms with Gasteiger partial charge in [-0.05, 0) is 31.0 Å². The molecule has 2 aromatic rings. The van der Waals surface area contributed by atoms with Crippen molar-refractivity contribution < 1.29 is 27.4 Å². The molecule has 1 atom stereocenters.